The van der Waals surface area contributed by atoms with Crippen LogP contribution in [0.15, 0.2) is 54.6 Å². The molecule has 2 aliphatic heterocycles. The molecule has 9 rings (SSSR count). The second-order valence-corrected chi connectivity index (χ2v) is 21.8. The molecule has 9 atom stereocenters. The lowest BCUT2D eigenvalue weighted by Crippen LogP contribution is -2.53. The van der Waals surface area contributed by atoms with E-state index in [0.717, 1.165) is 48.3 Å². The Hall–Kier alpha value is -1.36. The summed E-state index contributed by atoms with van der Waals surface area (Å²) in [6, 6.07) is 15.7. The van der Waals surface area contributed by atoms with Gasteiger partial charge in [-0.1, -0.05) is 83.8 Å². The standard InChI is InChI=1S/C45H61NOS2/c1-31-8-7-14-45(25-31)29-44(17-16-43(28-44)12-5-6-13-43)26-39-36-20-33-18-32(21-38(47)22-33)19-34-9-3-4-10-35(34)27-46-42(2)15-11-41(49-48-30-42)37(23-36)24-40(39)45/h3-4,7,9-10,14,18,21-22,31,36-37,39-41,46-47H,5-6,8,11-13,15-17,19-20,23-30H2,1-2H3. The molecular formula is C45H61NOS2. The van der Waals surface area contributed by atoms with Crippen LogP contribution in [0.1, 0.15) is 132 Å². The van der Waals surface area contributed by atoms with E-state index < -0.39 is 0 Å². The van der Waals surface area contributed by atoms with Gasteiger partial charge in [-0.2, -0.15) is 0 Å². The van der Waals surface area contributed by atoms with Crippen molar-refractivity contribution in [1.82, 2.24) is 5.32 Å². The molecule has 1 saturated heterocycles. The number of nitrogens with one attached hydrogen (secondary N) is 1. The van der Waals surface area contributed by atoms with Crippen LogP contribution >= 0.6 is 21.6 Å². The molecule has 49 heavy (non-hydrogen) atoms. The summed E-state index contributed by atoms with van der Waals surface area (Å²) in [5.41, 5.74) is 7.21. The van der Waals surface area contributed by atoms with Gasteiger partial charge in [0.1, 0.15) is 5.75 Å². The Morgan fingerprint density at radius 3 is 2.53 bits per heavy atom. The summed E-state index contributed by atoms with van der Waals surface area (Å²) < 4.78 is 0. The van der Waals surface area contributed by atoms with Crippen LogP contribution in [0.4, 0.5) is 0 Å². The van der Waals surface area contributed by atoms with Gasteiger partial charge >= 0.3 is 0 Å². The molecule has 6 bridgehead atoms. The quantitative estimate of drug-likeness (QED) is 0.212. The van der Waals surface area contributed by atoms with Crippen molar-refractivity contribution in [2.45, 2.75) is 140 Å². The van der Waals surface area contributed by atoms with E-state index >= 15 is 0 Å². The minimum Gasteiger partial charge on any atom is -0.508 e. The number of hydrogen-bond acceptors (Lipinski definition) is 4. The zero-order chi connectivity index (χ0) is 33.3. The molecule has 2 aromatic rings. The van der Waals surface area contributed by atoms with Gasteiger partial charge in [0.05, 0.1) is 0 Å². The molecule has 2 N–H and O–H groups in total. The molecule has 9 unspecified atom stereocenters. The van der Waals surface area contributed by atoms with Crippen molar-refractivity contribution in [3.8, 4) is 5.75 Å². The van der Waals surface area contributed by atoms with E-state index in [-0.39, 0.29) is 5.54 Å². The number of fused-ring (bicyclic) bond motifs is 12. The van der Waals surface area contributed by atoms with Crippen LogP contribution in [0.3, 0.4) is 0 Å². The van der Waals surface area contributed by atoms with Crippen molar-refractivity contribution in [1.29, 1.82) is 0 Å². The summed E-state index contributed by atoms with van der Waals surface area (Å²) >= 11 is 0. The van der Waals surface area contributed by atoms with Crippen LogP contribution in [0.2, 0.25) is 0 Å². The van der Waals surface area contributed by atoms with Gasteiger partial charge in [-0.15, -0.1) is 0 Å². The molecule has 5 fully saturated rings. The highest BCUT2D eigenvalue weighted by molar-refractivity contribution is 8.77. The Morgan fingerprint density at radius 2 is 1.67 bits per heavy atom. The van der Waals surface area contributed by atoms with Gasteiger partial charge in [0.2, 0.25) is 0 Å². The first-order valence-electron chi connectivity index (χ1n) is 20.3. The second-order valence-electron chi connectivity index (χ2n) is 19.2. The van der Waals surface area contributed by atoms with Gasteiger partial charge in [0.25, 0.3) is 0 Å². The molecular weight excluding hydrogens is 635 g/mol. The summed E-state index contributed by atoms with van der Waals surface area (Å²) in [6.07, 6.45) is 29.1. The number of phenols is 1. The topological polar surface area (TPSA) is 32.3 Å². The van der Waals surface area contributed by atoms with Crippen molar-refractivity contribution in [3.63, 3.8) is 0 Å². The number of aromatic hydroxyl groups is 1. The van der Waals surface area contributed by atoms with Gasteiger partial charge in [-0.3, -0.25) is 0 Å². The minimum absolute atomic E-state index is 0.157. The molecule has 4 saturated carbocycles. The average Bonchev–Trinajstić information content (AvgIpc) is 3.61. The fourth-order valence-corrected chi connectivity index (χ4v) is 17.1. The van der Waals surface area contributed by atoms with E-state index in [1.54, 1.807) is 0 Å². The molecule has 2 aromatic carbocycles. The van der Waals surface area contributed by atoms with Gasteiger partial charge < -0.3 is 10.4 Å². The van der Waals surface area contributed by atoms with Gasteiger partial charge in [0, 0.05) is 23.1 Å². The van der Waals surface area contributed by atoms with Crippen molar-refractivity contribution in [2.24, 2.45) is 45.8 Å². The van der Waals surface area contributed by atoms with Crippen LogP contribution in [-0.4, -0.2) is 21.6 Å². The first kappa shape index (κ1) is 33.5. The van der Waals surface area contributed by atoms with Crippen LogP contribution in [0, 0.1) is 45.8 Å². The maximum absolute atomic E-state index is 11.2. The first-order valence-corrected chi connectivity index (χ1v) is 22.7. The van der Waals surface area contributed by atoms with Gasteiger partial charge in [0.15, 0.2) is 0 Å². The minimum atomic E-state index is 0.157. The van der Waals surface area contributed by atoms with Crippen LogP contribution < -0.4 is 5.32 Å². The number of phenolic OH excluding ortho intramolecular Hbond substituents is 1. The predicted octanol–water partition coefficient (Wildman–Crippen LogP) is 11.7. The van der Waals surface area contributed by atoms with Crippen molar-refractivity contribution in [3.05, 3.63) is 76.9 Å². The van der Waals surface area contributed by atoms with E-state index in [4.69, 9.17) is 0 Å². The highest BCUT2D eigenvalue weighted by atomic mass is 33.1. The van der Waals surface area contributed by atoms with Gasteiger partial charge in [-0.25, -0.2) is 0 Å². The van der Waals surface area contributed by atoms with E-state index in [9.17, 15) is 5.11 Å². The molecule has 264 valence electrons. The SMILES string of the molecule is CC1CC=CC2(C1)CC1(CCC3(CCCC3)C1)CC1C3Cc4cc(O)cc(c4)Cc4ccccc4CNC4(C)CCC(SSC4)C(C3)CC12. The zero-order valence-corrected chi connectivity index (χ0v) is 32.0. The largest absolute Gasteiger partial charge is 0.508 e. The third-order valence-corrected chi connectivity index (χ3v) is 18.8. The number of allylic oxidation sites excluding steroid dienone is 2. The summed E-state index contributed by atoms with van der Waals surface area (Å²) in [5, 5.41) is 16.0. The van der Waals surface area contributed by atoms with E-state index in [1.807, 2.05) is 6.07 Å². The molecule has 7 aliphatic rings. The van der Waals surface area contributed by atoms with E-state index in [1.165, 1.54) is 124 Å². The van der Waals surface area contributed by atoms with E-state index in [0.29, 0.717) is 27.9 Å². The summed E-state index contributed by atoms with van der Waals surface area (Å²) in [4.78, 5) is 0. The van der Waals surface area contributed by atoms with Gasteiger partial charge in [-0.05, 0) is 183 Å². The Bertz CT molecular complexity index is 1560. The number of rotatable bonds is 0. The third kappa shape index (κ3) is 6.49. The zero-order valence-electron chi connectivity index (χ0n) is 30.4. The van der Waals surface area contributed by atoms with Crippen LogP contribution in [-0.2, 0) is 19.4 Å². The summed E-state index contributed by atoms with van der Waals surface area (Å²) in [7, 11) is 4.44. The summed E-state index contributed by atoms with van der Waals surface area (Å²) in [5.74, 6) is 5.55. The Morgan fingerprint density at radius 1 is 0.857 bits per heavy atom. The second kappa shape index (κ2) is 12.9. The third-order valence-electron chi connectivity index (χ3n) is 15.5. The lowest BCUT2D eigenvalue weighted by Gasteiger charge is -2.61. The number of benzene rings is 2. The Balaban J connectivity index is 1.13. The average molecular weight is 696 g/mol. The van der Waals surface area contributed by atoms with Crippen LogP contribution in [0.25, 0.3) is 0 Å². The smallest absolute Gasteiger partial charge is 0.116 e. The van der Waals surface area contributed by atoms with Crippen molar-refractivity contribution in [2.75, 3.05) is 5.75 Å². The normalized spacial score (nSPS) is 41.5. The Labute approximate surface area is 305 Å². The number of hydrogen-bond donors (Lipinski definition) is 2. The maximum atomic E-state index is 11.2. The first-order chi connectivity index (χ1) is 23.7. The molecule has 2 nitrogen and oxygen atoms in total. The maximum Gasteiger partial charge on any atom is 0.116 e. The Kier molecular flexibility index (Phi) is 8.84. The highest BCUT2D eigenvalue weighted by Gasteiger charge is 2.61. The highest BCUT2D eigenvalue weighted by Crippen LogP contribution is 2.71. The fraction of sp³-hybridized carbons (Fsp3) is 0.689. The monoisotopic (exact) mass is 695 g/mol. The van der Waals surface area contributed by atoms with Crippen LogP contribution in [0.5, 0.6) is 5.75 Å². The molecule has 0 aromatic heterocycles. The van der Waals surface area contributed by atoms with E-state index in [2.05, 4.69) is 89.3 Å². The molecule has 4 heteroatoms. The molecule has 0 radical (unpaired) electrons. The molecule has 0 amide bonds. The lowest BCUT2D eigenvalue weighted by molar-refractivity contribution is -0.0869. The van der Waals surface area contributed by atoms with Crippen molar-refractivity contribution >= 4 is 21.6 Å². The fourth-order valence-electron chi connectivity index (χ4n) is 13.5. The molecule has 5 aliphatic carbocycles. The van der Waals surface area contributed by atoms with Crippen molar-refractivity contribution < 1.29 is 5.11 Å². The molecule has 3 spiro atoms. The predicted molar refractivity (Wildman–Crippen MR) is 209 cm³/mol. The lowest BCUT2D eigenvalue weighted by atomic mass is 9.44. The summed E-state index contributed by atoms with van der Waals surface area (Å²) in [6.45, 7) is 5.98. The molecule has 2 heterocycles.